The van der Waals surface area contributed by atoms with E-state index < -0.39 is 12.3 Å². The first kappa shape index (κ1) is 10.2. The molecule has 0 aromatic carbocycles. The number of methoxy groups -OCH3 is 1. The largest absolute Gasteiger partial charge is 0.432 e. The van der Waals surface area contributed by atoms with E-state index in [2.05, 4.69) is 6.58 Å². The van der Waals surface area contributed by atoms with Gasteiger partial charge in [-0.25, -0.2) is 4.79 Å². The third-order valence-electron chi connectivity index (χ3n) is 1.18. The highest BCUT2D eigenvalue weighted by molar-refractivity contribution is 5.86. The number of ether oxygens (including phenoxy) is 2. The van der Waals surface area contributed by atoms with Gasteiger partial charge in [-0.1, -0.05) is 13.5 Å². The quantitative estimate of drug-likeness (QED) is 0.353. The summed E-state index contributed by atoms with van der Waals surface area (Å²) in [5, 5.41) is 0. The first-order valence-corrected chi connectivity index (χ1v) is 3.51. The molecule has 1 unspecified atom stereocenters. The lowest BCUT2D eigenvalue weighted by Gasteiger charge is -2.13. The molecule has 11 heavy (non-hydrogen) atoms. The molecule has 3 nitrogen and oxygen atoms in total. The van der Waals surface area contributed by atoms with Crippen LogP contribution in [0.1, 0.15) is 20.3 Å². The lowest BCUT2D eigenvalue weighted by atomic mass is 10.3. The summed E-state index contributed by atoms with van der Waals surface area (Å²) in [6.45, 7) is 6.92. The van der Waals surface area contributed by atoms with Crippen molar-refractivity contribution in [3.05, 3.63) is 12.2 Å². The van der Waals surface area contributed by atoms with Crippen molar-refractivity contribution in [1.29, 1.82) is 0 Å². The van der Waals surface area contributed by atoms with Crippen molar-refractivity contribution in [1.82, 2.24) is 0 Å². The van der Waals surface area contributed by atoms with Gasteiger partial charge >= 0.3 is 5.97 Å². The Labute approximate surface area is 67.0 Å². The SMILES string of the molecule is C=C(C)C(=O)OC(CC)OC. The summed E-state index contributed by atoms with van der Waals surface area (Å²) < 4.78 is 9.69. The van der Waals surface area contributed by atoms with E-state index in [0.29, 0.717) is 12.0 Å². The standard InChI is InChI=1S/C8H14O3/c1-5-7(10-4)11-8(9)6(2)3/h7H,2,5H2,1,3-4H3. The van der Waals surface area contributed by atoms with Crippen LogP contribution < -0.4 is 0 Å². The number of esters is 1. The zero-order chi connectivity index (χ0) is 8.85. The normalized spacial score (nSPS) is 12.3. The molecular formula is C8H14O3. The highest BCUT2D eigenvalue weighted by Gasteiger charge is 2.10. The Hall–Kier alpha value is -0.830. The molecule has 3 heteroatoms. The molecule has 0 bridgehead atoms. The summed E-state index contributed by atoms with van der Waals surface area (Å²) in [6, 6.07) is 0. The summed E-state index contributed by atoms with van der Waals surface area (Å²) in [5.41, 5.74) is 0.389. The van der Waals surface area contributed by atoms with Gasteiger partial charge < -0.3 is 9.47 Å². The molecule has 0 saturated heterocycles. The molecule has 0 aliphatic heterocycles. The highest BCUT2D eigenvalue weighted by Crippen LogP contribution is 2.02. The molecular weight excluding hydrogens is 144 g/mol. The van der Waals surface area contributed by atoms with Gasteiger partial charge in [0.2, 0.25) is 6.29 Å². The molecule has 0 aromatic heterocycles. The molecule has 1 atom stereocenters. The Morgan fingerprint density at radius 2 is 2.18 bits per heavy atom. The first-order valence-electron chi connectivity index (χ1n) is 3.51. The monoisotopic (exact) mass is 158 g/mol. The van der Waals surface area contributed by atoms with Crippen molar-refractivity contribution >= 4 is 5.97 Å². The van der Waals surface area contributed by atoms with Gasteiger partial charge in [0.05, 0.1) is 0 Å². The van der Waals surface area contributed by atoms with E-state index in [4.69, 9.17) is 9.47 Å². The lowest BCUT2D eigenvalue weighted by Crippen LogP contribution is -2.19. The molecule has 0 N–H and O–H groups in total. The highest BCUT2D eigenvalue weighted by atomic mass is 16.7. The molecule has 0 rings (SSSR count). The summed E-state index contributed by atoms with van der Waals surface area (Å²) >= 11 is 0. The van der Waals surface area contributed by atoms with Crippen LogP contribution >= 0.6 is 0 Å². The third kappa shape index (κ3) is 3.78. The van der Waals surface area contributed by atoms with E-state index in [1.807, 2.05) is 6.92 Å². The predicted octanol–water partition coefficient (Wildman–Crippen LogP) is 1.49. The fraction of sp³-hybridized carbons (Fsp3) is 0.625. The Bertz CT molecular complexity index is 147. The minimum absolute atomic E-state index is 0.389. The van der Waals surface area contributed by atoms with Gasteiger partial charge in [-0.05, 0) is 6.92 Å². The minimum atomic E-state index is -0.445. The van der Waals surface area contributed by atoms with E-state index in [1.165, 1.54) is 7.11 Å². The van der Waals surface area contributed by atoms with Crippen molar-refractivity contribution in [2.45, 2.75) is 26.6 Å². The van der Waals surface area contributed by atoms with Gasteiger partial charge in [-0.15, -0.1) is 0 Å². The Kier molecular flexibility index (Phi) is 4.54. The summed E-state index contributed by atoms with van der Waals surface area (Å²) in [4.78, 5) is 10.9. The van der Waals surface area contributed by atoms with Gasteiger partial charge in [0.1, 0.15) is 0 Å². The van der Waals surface area contributed by atoms with Crippen LogP contribution in [0.25, 0.3) is 0 Å². The van der Waals surface area contributed by atoms with Crippen LogP contribution in [0, 0.1) is 0 Å². The van der Waals surface area contributed by atoms with Crippen molar-refractivity contribution in [3.63, 3.8) is 0 Å². The molecule has 0 aliphatic rings. The molecule has 0 aromatic rings. The zero-order valence-corrected chi connectivity index (χ0v) is 7.22. The smallest absolute Gasteiger partial charge is 0.335 e. The zero-order valence-electron chi connectivity index (χ0n) is 7.22. The van der Waals surface area contributed by atoms with Crippen molar-refractivity contribution < 1.29 is 14.3 Å². The molecule has 0 amide bonds. The van der Waals surface area contributed by atoms with Crippen LogP contribution in [0.2, 0.25) is 0 Å². The van der Waals surface area contributed by atoms with Gasteiger partial charge in [-0.2, -0.15) is 0 Å². The van der Waals surface area contributed by atoms with Gasteiger partial charge in [0.15, 0.2) is 0 Å². The van der Waals surface area contributed by atoms with Gasteiger partial charge in [0, 0.05) is 19.1 Å². The maximum Gasteiger partial charge on any atom is 0.335 e. The minimum Gasteiger partial charge on any atom is -0.432 e. The number of hydrogen-bond acceptors (Lipinski definition) is 3. The number of carbonyl (C=O) groups excluding carboxylic acids is 1. The van der Waals surface area contributed by atoms with E-state index in [9.17, 15) is 4.79 Å². The molecule has 0 radical (unpaired) electrons. The van der Waals surface area contributed by atoms with Crippen LogP contribution in [0.5, 0.6) is 0 Å². The lowest BCUT2D eigenvalue weighted by molar-refractivity contribution is -0.168. The fourth-order valence-electron chi connectivity index (χ4n) is 0.518. The topological polar surface area (TPSA) is 35.5 Å². The predicted molar refractivity (Wildman–Crippen MR) is 42.0 cm³/mol. The number of hydrogen-bond donors (Lipinski definition) is 0. The summed E-state index contributed by atoms with van der Waals surface area (Å²) in [7, 11) is 1.50. The Morgan fingerprint density at radius 3 is 2.45 bits per heavy atom. The second kappa shape index (κ2) is 4.91. The molecule has 0 aliphatic carbocycles. The average molecular weight is 158 g/mol. The van der Waals surface area contributed by atoms with Crippen LogP contribution in [-0.2, 0) is 14.3 Å². The van der Waals surface area contributed by atoms with E-state index in [1.54, 1.807) is 6.92 Å². The van der Waals surface area contributed by atoms with Crippen LogP contribution in [0.4, 0.5) is 0 Å². The van der Waals surface area contributed by atoms with Gasteiger partial charge in [0.25, 0.3) is 0 Å². The van der Waals surface area contributed by atoms with Crippen LogP contribution in [-0.4, -0.2) is 19.4 Å². The maximum absolute atomic E-state index is 10.9. The van der Waals surface area contributed by atoms with Crippen molar-refractivity contribution in [2.24, 2.45) is 0 Å². The third-order valence-corrected chi connectivity index (χ3v) is 1.18. The van der Waals surface area contributed by atoms with Crippen molar-refractivity contribution in [3.8, 4) is 0 Å². The second-order valence-electron chi connectivity index (χ2n) is 2.26. The summed E-state index contributed by atoms with van der Waals surface area (Å²) in [6.07, 6.45) is 0.203. The summed E-state index contributed by atoms with van der Waals surface area (Å²) in [5.74, 6) is -0.404. The molecule has 0 fully saturated rings. The van der Waals surface area contributed by atoms with Gasteiger partial charge in [-0.3, -0.25) is 0 Å². The molecule has 0 heterocycles. The van der Waals surface area contributed by atoms with Crippen LogP contribution in [0.15, 0.2) is 12.2 Å². The average Bonchev–Trinajstić information content (AvgIpc) is 1.99. The van der Waals surface area contributed by atoms with Crippen molar-refractivity contribution in [2.75, 3.05) is 7.11 Å². The van der Waals surface area contributed by atoms with Crippen LogP contribution in [0.3, 0.4) is 0 Å². The molecule has 0 saturated carbocycles. The molecule has 64 valence electrons. The maximum atomic E-state index is 10.9. The first-order chi connectivity index (χ1) is 5.11. The number of carbonyl (C=O) groups is 1. The fourth-order valence-corrected chi connectivity index (χ4v) is 0.518. The van der Waals surface area contributed by atoms with E-state index in [0.717, 1.165) is 0 Å². The Morgan fingerprint density at radius 1 is 1.64 bits per heavy atom. The Balaban J connectivity index is 3.81. The van der Waals surface area contributed by atoms with E-state index in [-0.39, 0.29) is 0 Å². The second-order valence-corrected chi connectivity index (χ2v) is 2.26. The molecule has 0 spiro atoms. The van der Waals surface area contributed by atoms with E-state index >= 15 is 0 Å². The number of rotatable bonds is 4.